The molecule has 3 rings (SSSR count). The minimum absolute atomic E-state index is 0.113. The van der Waals surface area contributed by atoms with E-state index in [0.717, 1.165) is 30.0 Å². The molecule has 0 bridgehead atoms. The lowest BCUT2D eigenvalue weighted by molar-refractivity contribution is -0.117. The monoisotopic (exact) mass is 384 g/mol. The van der Waals surface area contributed by atoms with E-state index >= 15 is 0 Å². The number of hydrogen-bond donors (Lipinski definition) is 1. The largest absolute Gasteiger partial charge is 0.465 e. The molecular weight excluding hydrogens is 360 g/mol. The zero-order valence-corrected chi connectivity index (χ0v) is 16.7. The highest BCUT2D eigenvalue weighted by Gasteiger charge is 2.22. The molecular formula is C21H24N2O3S. The first-order valence-corrected chi connectivity index (χ1v) is 9.76. The molecule has 0 fully saturated rings. The number of amides is 1. The van der Waals surface area contributed by atoms with Gasteiger partial charge >= 0.3 is 5.97 Å². The summed E-state index contributed by atoms with van der Waals surface area (Å²) >= 11 is 1.41. The number of methoxy groups -OCH3 is 1. The molecule has 6 heteroatoms. The smallest absolute Gasteiger partial charge is 0.341 e. The Morgan fingerprint density at radius 1 is 1.22 bits per heavy atom. The van der Waals surface area contributed by atoms with Gasteiger partial charge in [0.1, 0.15) is 5.00 Å². The van der Waals surface area contributed by atoms with Crippen LogP contribution in [-0.4, -0.2) is 43.5 Å². The van der Waals surface area contributed by atoms with E-state index in [1.165, 1.54) is 29.6 Å². The van der Waals surface area contributed by atoms with Gasteiger partial charge in [-0.3, -0.25) is 9.69 Å². The molecule has 1 aromatic heterocycles. The number of esters is 1. The molecule has 1 N–H and O–H groups in total. The van der Waals surface area contributed by atoms with Gasteiger partial charge < -0.3 is 10.1 Å². The number of nitrogens with one attached hydrogen (secondary N) is 1. The van der Waals surface area contributed by atoms with Gasteiger partial charge in [-0.15, -0.1) is 11.3 Å². The van der Waals surface area contributed by atoms with Crippen LogP contribution in [0.15, 0.2) is 36.4 Å². The molecule has 0 saturated carbocycles. The van der Waals surface area contributed by atoms with E-state index < -0.39 is 5.97 Å². The number of carbonyl (C=O) groups excluding carboxylic acids is 2. The molecule has 0 saturated heterocycles. The molecule has 0 spiro atoms. The summed E-state index contributed by atoms with van der Waals surface area (Å²) in [5.74, 6) is -0.529. The Labute approximate surface area is 163 Å². The minimum atomic E-state index is -0.416. The van der Waals surface area contributed by atoms with Crippen molar-refractivity contribution in [2.75, 3.05) is 32.1 Å². The number of benzene rings is 1. The molecule has 2 aromatic rings. The van der Waals surface area contributed by atoms with Gasteiger partial charge in [0, 0.05) is 18.0 Å². The molecule has 0 atom stereocenters. The van der Waals surface area contributed by atoms with Crippen molar-refractivity contribution in [2.24, 2.45) is 0 Å². The highest BCUT2D eigenvalue weighted by Crippen LogP contribution is 2.33. The van der Waals surface area contributed by atoms with Crippen LogP contribution in [0.2, 0.25) is 0 Å². The van der Waals surface area contributed by atoms with Crippen molar-refractivity contribution in [3.63, 3.8) is 0 Å². The molecule has 5 nitrogen and oxygen atoms in total. The SMILES string of the molecule is COC(=O)c1c(NC(=O)CN2CC=C(c3ccccc3)CC2)sc(C)c1C. The van der Waals surface area contributed by atoms with Crippen molar-refractivity contribution < 1.29 is 14.3 Å². The number of thiophene rings is 1. The van der Waals surface area contributed by atoms with Crippen molar-refractivity contribution in [3.8, 4) is 0 Å². The van der Waals surface area contributed by atoms with E-state index in [1.54, 1.807) is 0 Å². The fourth-order valence-corrected chi connectivity index (χ4v) is 4.27. The quantitative estimate of drug-likeness (QED) is 0.795. The third kappa shape index (κ3) is 4.46. The maximum absolute atomic E-state index is 12.5. The molecule has 0 unspecified atom stereocenters. The summed E-state index contributed by atoms with van der Waals surface area (Å²) in [5, 5.41) is 3.46. The fourth-order valence-electron chi connectivity index (χ4n) is 3.20. The van der Waals surface area contributed by atoms with Crippen molar-refractivity contribution in [3.05, 3.63) is 58.0 Å². The van der Waals surface area contributed by atoms with E-state index in [9.17, 15) is 9.59 Å². The molecule has 1 aromatic carbocycles. The Balaban J connectivity index is 1.62. The zero-order valence-electron chi connectivity index (χ0n) is 15.9. The topological polar surface area (TPSA) is 58.6 Å². The van der Waals surface area contributed by atoms with E-state index in [4.69, 9.17) is 4.74 Å². The normalized spacial score (nSPS) is 14.6. The van der Waals surface area contributed by atoms with Crippen LogP contribution in [0.3, 0.4) is 0 Å². The molecule has 2 heterocycles. The Bertz CT molecular complexity index is 871. The van der Waals surface area contributed by atoms with E-state index in [2.05, 4.69) is 28.4 Å². The van der Waals surface area contributed by atoms with Crippen LogP contribution in [0.25, 0.3) is 5.57 Å². The summed E-state index contributed by atoms with van der Waals surface area (Å²) in [7, 11) is 1.35. The van der Waals surface area contributed by atoms with Crippen molar-refractivity contribution >= 4 is 33.8 Å². The van der Waals surface area contributed by atoms with Crippen LogP contribution in [-0.2, 0) is 9.53 Å². The first-order valence-electron chi connectivity index (χ1n) is 8.94. The number of anilines is 1. The fraction of sp³-hybridized carbons (Fsp3) is 0.333. The molecule has 27 heavy (non-hydrogen) atoms. The number of nitrogens with zero attached hydrogens (tertiary/aromatic N) is 1. The second-order valence-electron chi connectivity index (χ2n) is 6.61. The predicted octanol–water partition coefficient (Wildman–Crippen LogP) is 3.88. The van der Waals surface area contributed by atoms with E-state index in [-0.39, 0.29) is 5.91 Å². The van der Waals surface area contributed by atoms with E-state index in [1.807, 2.05) is 32.0 Å². The summed E-state index contributed by atoms with van der Waals surface area (Å²) < 4.78 is 4.85. The molecule has 1 amide bonds. The van der Waals surface area contributed by atoms with Gasteiger partial charge in [-0.2, -0.15) is 0 Å². The van der Waals surface area contributed by atoms with Crippen LogP contribution in [0, 0.1) is 13.8 Å². The van der Waals surface area contributed by atoms with Gasteiger partial charge in [0.15, 0.2) is 0 Å². The third-order valence-corrected chi connectivity index (χ3v) is 5.96. The predicted molar refractivity (Wildman–Crippen MR) is 109 cm³/mol. The van der Waals surface area contributed by atoms with Crippen LogP contribution in [0.5, 0.6) is 0 Å². The summed E-state index contributed by atoms with van der Waals surface area (Å²) in [6.07, 6.45) is 3.10. The average molecular weight is 385 g/mol. The minimum Gasteiger partial charge on any atom is -0.465 e. The highest BCUT2D eigenvalue weighted by atomic mass is 32.1. The first kappa shape index (κ1) is 19.3. The number of aryl methyl sites for hydroxylation is 1. The average Bonchev–Trinajstić information content (AvgIpc) is 2.95. The second kappa shape index (κ2) is 8.50. The number of rotatable bonds is 5. The molecule has 0 aliphatic carbocycles. The van der Waals surface area contributed by atoms with Gasteiger partial charge in [-0.1, -0.05) is 36.4 Å². The van der Waals surface area contributed by atoms with Gasteiger partial charge in [-0.05, 0) is 37.0 Å². The van der Waals surface area contributed by atoms with Crippen LogP contribution in [0.4, 0.5) is 5.00 Å². The van der Waals surface area contributed by atoms with Crippen LogP contribution >= 0.6 is 11.3 Å². The lowest BCUT2D eigenvalue weighted by Gasteiger charge is -2.25. The Hall–Kier alpha value is -2.44. The highest BCUT2D eigenvalue weighted by molar-refractivity contribution is 7.16. The second-order valence-corrected chi connectivity index (χ2v) is 7.83. The molecule has 1 aliphatic heterocycles. The number of hydrogen-bond acceptors (Lipinski definition) is 5. The third-order valence-electron chi connectivity index (χ3n) is 4.83. The van der Waals surface area contributed by atoms with E-state index in [0.29, 0.717) is 17.1 Å². The van der Waals surface area contributed by atoms with Gasteiger partial charge in [0.05, 0.1) is 19.2 Å². The summed E-state index contributed by atoms with van der Waals surface area (Å²) in [4.78, 5) is 27.6. The molecule has 0 radical (unpaired) electrons. The summed E-state index contributed by atoms with van der Waals surface area (Å²) in [6, 6.07) is 10.3. The Morgan fingerprint density at radius 2 is 1.96 bits per heavy atom. The lowest BCUT2D eigenvalue weighted by Crippen LogP contribution is -2.36. The van der Waals surface area contributed by atoms with Crippen molar-refractivity contribution in [2.45, 2.75) is 20.3 Å². The summed E-state index contributed by atoms with van der Waals surface area (Å²) in [6.45, 7) is 5.68. The van der Waals surface area contributed by atoms with Gasteiger partial charge in [0.25, 0.3) is 0 Å². The Kier molecular flexibility index (Phi) is 6.08. The maximum atomic E-state index is 12.5. The van der Waals surface area contributed by atoms with Crippen molar-refractivity contribution in [1.82, 2.24) is 4.90 Å². The Morgan fingerprint density at radius 3 is 2.59 bits per heavy atom. The van der Waals surface area contributed by atoms with Gasteiger partial charge in [-0.25, -0.2) is 4.79 Å². The number of ether oxygens (including phenoxy) is 1. The molecule has 1 aliphatic rings. The summed E-state index contributed by atoms with van der Waals surface area (Å²) in [5.41, 5.74) is 3.88. The number of carbonyl (C=O) groups is 2. The van der Waals surface area contributed by atoms with Crippen LogP contribution in [0.1, 0.15) is 32.8 Å². The van der Waals surface area contributed by atoms with Gasteiger partial charge in [0.2, 0.25) is 5.91 Å². The van der Waals surface area contributed by atoms with Crippen molar-refractivity contribution in [1.29, 1.82) is 0 Å². The van der Waals surface area contributed by atoms with Crippen LogP contribution < -0.4 is 5.32 Å². The lowest BCUT2D eigenvalue weighted by atomic mass is 10.00. The standard InChI is InChI=1S/C21H24N2O3S/c1-14-15(2)27-20(19(14)21(25)26-3)22-18(24)13-23-11-9-17(10-12-23)16-7-5-4-6-8-16/h4-9H,10-13H2,1-3H3,(H,22,24). The maximum Gasteiger partial charge on any atom is 0.341 e. The first-order chi connectivity index (χ1) is 13.0. The molecule has 142 valence electrons. The zero-order chi connectivity index (χ0) is 19.4.